The molecule has 1 aromatic carbocycles. The monoisotopic (exact) mass is 333 g/mol. The van der Waals surface area contributed by atoms with Crippen molar-refractivity contribution in [2.75, 3.05) is 39.3 Å². The number of fused-ring (bicyclic) bond motifs is 1. The molecule has 1 fully saturated rings. The van der Waals surface area contributed by atoms with Crippen LogP contribution in [0.15, 0.2) is 24.3 Å². The molecule has 0 bridgehead atoms. The van der Waals surface area contributed by atoms with E-state index in [1.165, 1.54) is 0 Å². The van der Waals surface area contributed by atoms with Gasteiger partial charge in [-0.15, -0.1) is 0 Å². The first-order valence-corrected chi connectivity index (χ1v) is 8.79. The Kier molecular flexibility index (Phi) is 5.70. The third-order valence-electron chi connectivity index (χ3n) is 4.26. The normalized spacial score (nSPS) is 15.9. The van der Waals surface area contributed by atoms with Gasteiger partial charge in [0.25, 0.3) is 0 Å². The van der Waals surface area contributed by atoms with Gasteiger partial charge in [0.05, 0.1) is 12.1 Å². The Balaban J connectivity index is 1.65. The first-order chi connectivity index (χ1) is 11.3. The molecule has 0 atom stereocenters. The lowest BCUT2D eigenvalue weighted by molar-refractivity contribution is 0.238. The lowest BCUT2D eigenvalue weighted by Crippen LogP contribution is -2.43. The predicted octanol–water partition coefficient (Wildman–Crippen LogP) is 3.12. The minimum atomic E-state index is 0.617. The number of nitrogens with zero attached hydrogens (tertiary/aromatic N) is 2. The maximum absolute atomic E-state index is 6.38. The minimum Gasteiger partial charge on any atom is -0.494 e. The van der Waals surface area contributed by atoms with Crippen molar-refractivity contribution < 1.29 is 4.74 Å². The molecule has 1 N–H and O–H groups in total. The largest absolute Gasteiger partial charge is 0.494 e. The molecule has 0 unspecified atom stereocenters. The van der Waals surface area contributed by atoms with Crippen LogP contribution in [-0.4, -0.2) is 49.2 Å². The molecule has 124 valence electrons. The maximum atomic E-state index is 6.38. The highest BCUT2D eigenvalue weighted by Crippen LogP contribution is 2.25. The number of benzene rings is 1. The number of pyridine rings is 1. The van der Waals surface area contributed by atoms with Crippen LogP contribution >= 0.6 is 11.6 Å². The van der Waals surface area contributed by atoms with E-state index in [9.17, 15) is 0 Å². The van der Waals surface area contributed by atoms with Gasteiger partial charge in [0.1, 0.15) is 10.9 Å². The number of piperazine rings is 1. The molecule has 0 aliphatic carbocycles. The summed E-state index contributed by atoms with van der Waals surface area (Å²) in [6.07, 6.45) is 2.09. The summed E-state index contributed by atoms with van der Waals surface area (Å²) in [4.78, 5) is 7.05. The molecule has 0 amide bonds. The van der Waals surface area contributed by atoms with E-state index in [0.717, 1.165) is 67.8 Å². The second-order valence-electron chi connectivity index (χ2n) is 5.92. The fourth-order valence-corrected chi connectivity index (χ4v) is 3.27. The van der Waals surface area contributed by atoms with Crippen LogP contribution in [0.2, 0.25) is 5.15 Å². The fourth-order valence-electron chi connectivity index (χ4n) is 3.03. The van der Waals surface area contributed by atoms with Crippen molar-refractivity contribution in [3.05, 3.63) is 35.0 Å². The molecule has 2 aromatic rings. The third kappa shape index (κ3) is 4.34. The SMILES string of the molecule is CCOc1ccc2cc(CCCN3CCNCC3)c(Cl)nc2c1. The maximum Gasteiger partial charge on any atom is 0.132 e. The van der Waals surface area contributed by atoms with Crippen molar-refractivity contribution in [2.24, 2.45) is 0 Å². The van der Waals surface area contributed by atoms with Gasteiger partial charge in [0, 0.05) is 37.6 Å². The van der Waals surface area contributed by atoms with Gasteiger partial charge in [0.15, 0.2) is 0 Å². The number of ether oxygens (including phenoxy) is 1. The first kappa shape index (κ1) is 16.5. The number of aryl methyl sites for hydroxylation is 1. The molecule has 0 radical (unpaired) electrons. The Morgan fingerprint density at radius 3 is 2.87 bits per heavy atom. The van der Waals surface area contributed by atoms with E-state index in [4.69, 9.17) is 16.3 Å². The molecule has 23 heavy (non-hydrogen) atoms. The zero-order chi connectivity index (χ0) is 16.1. The van der Waals surface area contributed by atoms with Crippen LogP contribution in [-0.2, 0) is 6.42 Å². The number of hydrogen-bond acceptors (Lipinski definition) is 4. The van der Waals surface area contributed by atoms with Crippen LogP contribution in [0.4, 0.5) is 0 Å². The average molecular weight is 334 g/mol. The minimum absolute atomic E-state index is 0.617. The lowest BCUT2D eigenvalue weighted by atomic mass is 10.1. The molecule has 1 saturated heterocycles. The molecule has 4 nitrogen and oxygen atoms in total. The van der Waals surface area contributed by atoms with Crippen LogP contribution in [0.5, 0.6) is 5.75 Å². The Hall–Kier alpha value is -1.36. The zero-order valence-corrected chi connectivity index (χ0v) is 14.4. The van der Waals surface area contributed by atoms with Gasteiger partial charge in [-0.3, -0.25) is 0 Å². The number of hydrogen-bond donors (Lipinski definition) is 1. The lowest BCUT2D eigenvalue weighted by Gasteiger charge is -2.27. The van der Waals surface area contributed by atoms with Gasteiger partial charge in [-0.1, -0.05) is 11.6 Å². The Bertz CT molecular complexity index is 656. The van der Waals surface area contributed by atoms with E-state index >= 15 is 0 Å². The van der Waals surface area contributed by atoms with Crippen molar-refractivity contribution >= 4 is 22.5 Å². The molecule has 0 saturated carbocycles. The molecular formula is C18H24ClN3O. The summed E-state index contributed by atoms with van der Waals surface area (Å²) in [6.45, 7) is 8.24. The Labute approximate surface area is 142 Å². The van der Waals surface area contributed by atoms with Gasteiger partial charge >= 0.3 is 0 Å². The van der Waals surface area contributed by atoms with E-state index in [0.29, 0.717) is 11.8 Å². The number of rotatable bonds is 6. The molecule has 1 aliphatic heterocycles. The summed E-state index contributed by atoms with van der Waals surface area (Å²) in [5, 5.41) is 5.12. The van der Waals surface area contributed by atoms with E-state index in [1.807, 2.05) is 19.1 Å². The van der Waals surface area contributed by atoms with Gasteiger partial charge in [-0.2, -0.15) is 0 Å². The molecule has 3 rings (SSSR count). The smallest absolute Gasteiger partial charge is 0.132 e. The Morgan fingerprint density at radius 2 is 2.09 bits per heavy atom. The van der Waals surface area contributed by atoms with E-state index in [2.05, 4.69) is 27.3 Å². The predicted molar refractivity (Wildman–Crippen MR) is 95.6 cm³/mol. The summed E-state index contributed by atoms with van der Waals surface area (Å²) < 4.78 is 5.52. The number of aromatic nitrogens is 1. The van der Waals surface area contributed by atoms with E-state index in [1.54, 1.807) is 0 Å². The van der Waals surface area contributed by atoms with Crippen molar-refractivity contribution in [3.8, 4) is 5.75 Å². The summed E-state index contributed by atoms with van der Waals surface area (Å²) in [5.41, 5.74) is 2.03. The summed E-state index contributed by atoms with van der Waals surface area (Å²) >= 11 is 6.38. The zero-order valence-electron chi connectivity index (χ0n) is 13.6. The highest BCUT2D eigenvalue weighted by Gasteiger charge is 2.10. The third-order valence-corrected chi connectivity index (χ3v) is 4.58. The highest BCUT2D eigenvalue weighted by atomic mass is 35.5. The molecule has 5 heteroatoms. The summed E-state index contributed by atoms with van der Waals surface area (Å²) in [5.74, 6) is 0.843. The van der Waals surface area contributed by atoms with Crippen molar-refractivity contribution in [1.82, 2.24) is 15.2 Å². The van der Waals surface area contributed by atoms with E-state index < -0.39 is 0 Å². The van der Waals surface area contributed by atoms with Crippen LogP contribution in [0.3, 0.4) is 0 Å². The quantitative estimate of drug-likeness (QED) is 0.824. The topological polar surface area (TPSA) is 37.4 Å². The molecule has 2 heterocycles. The number of halogens is 1. The van der Waals surface area contributed by atoms with Crippen LogP contribution < -0.4 is 10.1 Å². The van der Waals surface area contributed by atoms with Crippen molar-refractivity contribution in [1.29, 1.82) is 0 Å². The second-order valence-corrected chi connectivity index (χ2v) is 6.28. The Morgan fingerprint density at radius 1 is 1.26 bits per heavy atom. The summed E-state index contributed by atoms with van der Waals surface area (Å²) in [6, 6.07) is 8.17. The van der Waals surface area contributed by atoms with Crippen LogP contribution in [0.1, 0.15) is 18.9 Å². The molecule has 1 aliphatic rings. The van der Waals surface area contributed by atoms with Crippen LogP contribution in [0.25, 0.3) is 10.9 Å². The standard InChI is InChI=1S/C18H24ClN3O/c1-2-23-16-6-5-14-12-15(18(19)21-17(14)13-16)4-3-9-22-10-7-20-8-11-22/h5-6,12-13,20H,2-4,7-11H2,1H3. The van der Waals surface area contributed by atoms with Crippen molar-refractivity contribution in [3.63, 3.8) is 0 Å². The molecule has 0 spiro atoms. The number of nitrogens with one attached hydrogen (secondary N) is 1. The first-order valence-electron chi connectivity index (χ1n) is 8.41. The average Bonchev–Trinajstić information content (AvgIpc) is 2.57. The fraction of sp³-hybridized carbons (Fsp3) is 0.500. The van der Waals surface area contributed by atoms with Gasteiger partial charge in [-0.25, -0.2) is 4.98 Å². The molecular weight excluding hydrogens is 310 g/mol. The molecule has 1 aromatic heterocycles. The van der Waals surface area contributed by atoms with Gasteiger partial charge in [0.2, 0.25) is 0 Å². The van der Waals surface area contributed by atoms with Crippen LogP contribution in [0, 0.1) is 0 Å². The summed E-state index contributed by atoms with van der Waals surface area (Å²) in [7, 11) is 0. The van der Waals surface area contributed by atoms with Crippen molar-refractivity contribution in [2.45, 2.75) is 19.8 Å². The second kappa shape index (κ2) is 7.95. The van der Waals surface area contributed by atoms with Gasteiger partial charge in [-0.05, 0) is 50.1 Å². The van der Waals surface area contributed by atoms with Gasteiger partial charge < -0.3 is 15.0 Å². The van der Waals surface area contributed by atoms with E-state index in [-0.39, 0.29) is 0 Å². The highest BCUT2D eigenvalue weighted by molar-refractivity contribution is 6.30.